The Balaban J connectivity index is 2.46. The molecule has 13 heavy (non-hydrogen) atoms. The van der Waals surface area contributed by atoms with Crippen LogP contribution in [0.4, 0.5) is 5.69 Å². The van der Waals surface area contributed by atoms with Crippen LogP contribution in [-0.4, -0.2) is 6.54 Å². The molecule has 0 amide bonds. The topological polar surface area (TPSA) is 12.0 Å². The zero-order chi connectivity index (χ0) is 9.26. The third-order valence-corrected chi connectivity index (χ3v) is 2.72. The van der Waals surface area contributed by atoms with Crippen molar-refractivity contribution >= 4 is 5.69 Å². The molecule has 0 bridgehead atoms. The summed E-state index contributed by atoms with van der Waals surface area (Å²) in [7, 11) is 0. The van der Waals surface area contributed by atoms with E-state index >= 15 is 0 Å². The van der Waals surface area contributed by atoms with Crippen LogP contribution in [0.1, 0.15) is 24.0 Å². The first-order valence-electron chi connectivity index (χ1n) is 4.81. The summed E-state index contributed by atoms with van der Waals surface area (Å²) in [6.45, 7) is 7.10. The molecule has 0 fully saturated rings. The van der Waals surface area contributed by atoms with E-state index in [-0.39, 0.29) is 0 Å². The Morgan fingerprint density at radius 3 is 3.15 bits per heavy atom. The molecule has 0 saturated carbocycles. The van der Waals surface area contributed by atoms with Crippen molar-refractivity contribution in [2.24, 2.45) is 0 Å². The summed E-state index contributed by atoms with van der Waals surface area (Å²) in [6.07, 6.45) is 3.16. The van der Waals surface area contributed by atoms with Crippen molar-refractivity contribution in [2.45, 2.75) is 19.3 Å². The van der Waals surface area contributed by atoms with Gasteiger partial charge in [0.15, 0.2) is 0 Å². The summed E-state index contributed by atoms with van der Waals surface area (Å²) < 4.78 is 0. The number of anilines is 1. The second-order valence-electron chi connectivity index (χ2n) is 3.58. The van der Waals surface area contributed by atoms with Gasteiger partial charge in [0.2, 0.25) is 0 Å². The molecule has 68 valence electrons. The number of nitrogens with one attached hydrogen (secondary N) is 1. The van der Waals surface area contributed by atoms with E-state index in [1.54, 1.807) is 0 Å². The van der Waals surface area contributed by atoms with E-state index in [9.17, 15) is 0 Å². The minimum absolute atomic E-state index is 0.445. The van der Waals surface area contributed by atoms with Gasteiger partial charge in [-0.25, -0.2) is 0 Å². The standard InChI is InChI=1S/C12H15N/c1-3-9(2)11-6-4-5-10-7-8-13-12(10)11/h3-6,9,13H,1,7-8H2,2H3. The van der Waals surface area contributed by atoms with Crippen LogP contribution in [0.5, 0.6) is 0 Å². The zero-order valence-electron chi connectivity index (χ0n) is 8.01. The summed E-state index contributed by atoms with van der Waals surface area (Å²) in [6, 6.07) is 6.53. The van der Waals surface area contributed by atoms with Gasteiger partial charge in [-0.15, -0.1) is 6.58 Å². The number of benzene rings is 1. The van der Waals surface area contributed by atoms with Crippen molar-refractivity contribution in [3.8, 4) is 0 Å². The van der Waals surface area contributed by atoms with E-state index in [1.165, 1.54) is 16.8 Å². The second kappa shape index (κ2) is 3.25. The van der Waals surface area contributed by atoms with Gasteiger partial charge in [-0.1, -0.05) is 31.2 Å². The lowest BCUT2D eigenvalue weighted by atomic mass is 9.97. The molecular formula is C12H15N. The first-order valence-corrected chi connectivity index (χ1v) is 4.81. The SMILES string of the molecule is C=CC(C)c1cccc2c1NCC2. The first-order chi connectivity index (χ1) is 6.33. The molecule has 1 aromatic rings. The van der Waals surface area contributed by atoms with Gasteiger partial charge in [-0.2, -0.15) is 0 Å². The maximum absolute atomic E-state index is 3.83. The summed E-state index contributed by atoms with van der Waals surface area (Å²) >= 11 is 0. The average molecular weight is 173 g/mol. The fourth-order valence-corrected chi connectivity index (χ4v) is 1.87. The van der Waals surface area contributed by atoms with Crippen molar-refractivity contribution in [3.05, 3.63) is 42.0 Å². The molecule has 0 aliphatic carbocycles. The maximum Gasteiger partial charge on any atom is 0.0412 e. The normalized spacial score (nSPS) is 16.1. The van der Waals surface area contributed by atoms with Crippen LogP contribution in [-0.2, 0) is 6.42 Å². The Morgan fingerprint density at radius 2 is 2.38 bits per heavy atom. The molecule has 1 aliphatic rings. The highest BCUT2D eigenvalue weighted by Gasteiger charge is 2.15. The maximum atomic E-state index is 3.83. The van der Waals surface area contributed by atoms with Gasteiger partial charge < -0.3 is 5.32 Å². The molecular weight excluding hydrogens is 158 g/mol. The molecule has 0 saturated heterocycles. The molecule has 1 heterocycles. The largest absolute Gasteiger partial charge is 0.384 e. The van der Waals surface area contributed by atoms with Crippen LogP contribution in [0.2, 0.25) is 0 Å². The van der Waals surface area contributed by atoms with Gasteiger partial charge in [0.05, 0.1) is 0 Å². The van der Waals surface area contributed by atoms with E-state index in [1.807, 2.05) is 6.08 Å². The quantitative estimate of drug-likeness (QED) is 0.678. The van der Waals surface area contributed by atoms with Gasteiger partial charge in [-0.05, 0) is 17.5 Å². The molecule has 2 rings (SSSR count). The van der Waals surface area contributed by atoms with Crippen LogP contribution in [0.15, 0.2) is 30.9 Å². The highest BCUT2D eigenvalue weighted by molar-refractivity contribution is 5.62. The van der Waals surface area contributed by atoms with Crippen molar-refractivity contribution < 1.29 is 0 Å². The van der Waals surface area contributed by atoms with Gasteiger partial charge in [0.25, 0.3) is 0 Å². The number of hydrogen-bond donors (Lipinski definition) is 1. The second-order valence-corrected chi connectivity index (χ2v) is 3.58. The predicted octanol–water partition coefficient (Wildman–Crippen LogP) is 2.94. The molecule has 1 N–H and O–H groups in total. The van der Waals surface area contributed by atoms with Crippen molar-refractivity contribution in [1.82, 2.24) is 0 Å². The van der Waals surface area contributed by atoms with Crippen molar-refractivity contribution in [2.75, 3.05) is 11.9 Å². The highest BCUT2D eigenvalue weighted by Crippen LogP contribution is 2.31. The molecule has 0 aromatic heterocycles. The Morgan fingerprint density at radius 1 is 1.54 bits per heavy atom. The van der Waals surface area contributed by atoms with Gasteiger partial charge >= 0.3 is 0 Å². The van der Waals surface area contributed by atoms with Gasteiger partial charge in [-0.3, -0.25) is 0 Å². The summed E-state index contributed by atoms with van der Waals surface area (Å²) in [4.78, 5) is 0. The predicted molar refractivity (Wildman–Crippen MR) is 57.2 cm³/mol. The lowest BCUT2D eigenvalue weighted by Gasteiger charge is -2.12. The zero-order valence-corrected chi connectivity index (χ0v) is 8.01. The smallest absolute Gasteiger partial charge is 0.0412 e. The summed E-state index contributed by atoms with van der Waals surface area (Å²) in [5.74, 6) is 0.445. The number of fused-ring (bicyclic) bond motifs is 1. The van der Waals surface area contributed by atoms with Crippen LogP contribution < -0.4 is 5.32 Å². The number of para-hydroxylation sites is 1. The fourth-order valence-electron chi connectivity index (χ4n) is 1.87. The minimum atomic E-state index is 0.445. The highest BCUT2D eigenvalue weighted by atomic mass is 14.9. The van der Waals surface area contributed by atoms with Crippen LogP contribution in [0.3, 0.4) is 0 Å². The average Bonchev–Trinajstić information content (AvgIpc) is 2.63. The van der Waals surface area contributed by atoms with Gasteiger partial charge in [0.1, 0.15) is 0 Å². The number of rotatable bonds is 2. The van der Waals surface area contributed by atoms with E-state index in [0.29, 0.717) is 5.92 Å². The first kappa shape index (κ1) is 8.36. The number of allylic oxidation sites excluding steroid dienone is 1. The van der Waals surface area contributed by atoms with Crippen LogP contribution >= 0.6 is 0 Å². The third-order valence-electron chi connectivity index (χ3n) is 2.72. The van der Waals surface area contributed by atoms with E-state index in [0.717, 1.165) is 13.0 Å². The van der Waals surface area contributed by atoms with Crippen LogP contribution in [0.25, 0.3) is 0 Å². The Labute approximate surface area is 79.5 Å². The molecule has 1 nitrogen and oxygen atoms in total. The molecule has 0 spiro atoms. The molecule has 1 atom stereocenters. The number of hydrogen-bond acceptors (Lipinski definition) is 1. The van der Waals surface area contributed by atoms with Gasteiger partial charge in [0, 0.05) is 18.2 Å². The Kier molecular flexibility index (Phi) is 2.09. The Bertz CT molecular complexity index is 328. The van der Waals surface area contributed by atoms with Crippen molar-refractivity contribution in [3.63, 3.8) is 0 Å². The lowest BCUT2D eigenvalue weighted by molar-refractivity contribution is 0.973. The third kappa shape index (κ3) is 1.35. The molecule has 1 aliphatic heterocycles. The van der Waals surface area contributed by atoms with Crippen molar-refractivity contribution in [1.29, 1.82) is 0 Å². The summed E-state index contributed by atoms with van der Waals surface area (Å²) in [5.41, 5.74) is 4.17. The van der Waals surface area contributed by atoms with Crippen LogP contribution in [0, 0.1) is 0 Å². The minimum Gasteiger partial charge on any atom is -0.384 e. The molecule has 1 aromatic carbocycles. The summed E-state index contributed by atoms with van der Waals surface area (Å²) in [5, 5.41) is 3.44. The monoisotopic (exact) mass is 173 g/mol. The van der Waals surface area contributed by atoms with E-state index in [2.05, 4.69) is 37.0 Å². The molecule has 1 unspecified atom stereocenters. The lowest BCUT2D eigenvalue weighted by Crippen LogP contribution is -1.97. The van der Waals surface area contributed by atoms with E-state index < -0.39 is 0 Å². The molecule has 0 radical (unpaired) electrons. The Hall–Kier alpha value is -1.24. The molecule has 1 heteroatoms. The fraction of sp³-hybridized carbons (Fsp3) is 0.333. The van der Waals surface area contributed by atoms with E-state index in [4.69, 9.17) is 0 Å².